The second kappa shape index (κ2) is 7.01. The Morgan fingerprint density at radius 3 is 2.89 bits per heavy atom. The van der Waals surface area contributed by atoms with Gasteiger partial charge in [0.1, 0.15) is 11.6 Å². The maximum absolute atomic E-state index is 13.6. The fourth-order valence-corrected chi connectivity index (χ4v) is 1.35. The minimum absolute atomic E-state index is 0.0245. The molecule has 0 radical (unpaired) electrons. The van der Waals surface area contributed by atoms with Gasteiger partial charge in [0.2, 0.25) is 0 Å². The number of nitrogens with one attached hydrogen (secondary N) is 1. The van der Waals surface area contributed by atoms with Crippen molar-refractivity contribution in [2.75, 3.05) is 6.54 Å². The molecule has 0 aliphatic heterocycles. The van der Waals surface area contributed by atoms with Gasteiger partial charge in [-0.2, -0.15) is 0 Å². The van der Waals surface area contributed by atoms with Crippen LogP contribution < -0.4 is 9.97 Å². The SMILES string of the molecule is CCC(C)CNC(=O)c1ccc(OBO)cc1F. The van der Waals surface area contributed by atoms with Gasteiger partial charge in [0.05, 0.1) is 5.56 Å². The lowest BCUT2D eigenvalue weighted by atomic mass is 10.1. The van der Waals surface area contributed by atoms with E-state index in [0.717, 1.165) is 12.5 Å². The Bertz CT molecular complexity index is 414. The fraction of sp³-hybridized carbons (Fsp3) is 0.417. The van der Waals surface area contributed by atoms with Crippen LogP contribution in [0.25, 0.3) is 0 Å². The summed E-state index contributed by atoms with van der Waals surface area (Å²) in [5.41, 5.74) is -0.0245. The molecule has 1 amide bonds. The highest BCUT2D eigenvalue weighted by molar-refractivity contribution is 6.17. The number of carbonyl (C=O) groups is 1. The van der Waals surface area contributed by atoms with Crippen molar-refractivity contribution in [3.8, 4) is 5.75 Å². The lowest BCUT2D eigenvalue weighted by molar-refractivity contribution is 0.0944. The Labute approximate surface area is 106 Å². The van der Waals surface area contributed by atoms with Crippen molar-refractivity contribution in [3.63, 3.8) is 0 Å². The van der Waals surface area contributed by atoms with E-state index in [0.29, 0.717) is 12.5 Å². The fourth-order valence-electron chi connectivity index (χ4n) is 1.35. The summed E-state index contributed by atoms with van der Waals surface area (Å²) in [4.78, 5) is 11.7. The van der Waals surface area contributed by atoms with Gasteiger partial charge in [-0.05, 0) is 18.1 Å². The first-order valence-electron chi connectivity index (χ1n) is 5.89. The number of carbonyl (C=O) groups excluding carboxylic acids is 1. The molecule has 0 saturated heterocycles. The van der Waals surface area contributed by atoms with Crippen molar-refractivity contribution in [2.24, 2.45) is 5.92 Å². The van der Waals surface area contributed by atoms with Gasteiger partial charge in [-0.25, -0.2) is 4.39 Å². The molecule has 0 fully saturated rings. The standard InChI is InChI=1S/C12H17BFNO3/c1-3-8(2)7-15-12(16)10-5-4-9(18-13-17)6-11(10)14/h4-6,8,13,17H,3,7H2,1-2H3,(H,15,16). The summed E-state index contributed by atoms with van der Waals surface area (Å²) in [6.07, 6.45) is 0.950. The number of rotatable bonds is 6. The molecule has 18 heavy (non-hydrogen) atoms. The van der Waals surface area contributed by atoms with E-state index in [-0.39, 0.29) is 11.3 Å². The van der Waals surface area contributed by atoms with Crippen LogP contribution in [0.4, 0.5) is 4.39 Å². The maximum Gasteiger partial charge on any atom is 0.504 e. The second-order valence-electron chi connectivity index (χ2n) is 4.14. The summed E-state index contributed by atoms with van der Waals surface area (Å²) in [6.45, 7) is 4.55. The minimum Gasteiger partial charge on any atom is -0.539 e. The van der Waals surface area contributed by atoms with Crippen molar-refractivity contribution < 1.29 is 18.9 Å². The van der Waals surface area contributed by atoms with E-state index in [4.69, 9.17) is 9.68 Å². The molecule has 0 heterocycles. The number of benzene rings is 1. The highest BCUT2D eigenvalue weighted by Crippen LogP contribution is 2.16. The van der Waals surface area contributed by atoms with Crippen LogP contribution in [-0.4, -0.2) is 25.2 Å². The van der Waals surface area contributed by atoms with Gasteiger partial charge in [-0.3, -0.25) is 4.79 Å². The predicted octanol–water partition coefficient (Wildman–Crippen LogP) is 1.24. The average Bonchev–Trinajstić information content (AvgIpc) is 2.36. The first-order chi connectivity index (χ1) is 8.58. The second-order valence-corrected chi connectivity index (χ2v) is 4.14. The summed E-state index contributed by atoms with van der Waals surface area (Å²) < 4.78 is 18.3. The third-order valence-electron chi connectivity index (χ3n) is 2.72. The van der Waals surface area contributed by atoms with E-state index in [2.05, 4.69) is 5.32 Å². The van der Waals surface area contributed by atoms with Crippen LogP contribution in [0.2, 0.25) is 0 Å². The smallest absolute Gasteiger partial charge is 0.504 e. The Morgan fingerprint density at radius 2 is 2.33 bits per heavy atom. The van der Waals surface area contributed by atoms with Crippen LogP contribution in [0, 0.1) is 11.7 Å². The lowest BCUT2D eigenvalue weighted by Gasteiger charge is -2.11. The van der Waals surface area contributed by atoms with Crippen LogP contribution >= 0.6 is 0 Å². The van der Waals surface area contributed by atoms with Crippen LogP contribution in [0.5, 0.6) is 5.75 Å². The Morgan fingerprint density at radius 1 is 1.61 bits per heavy atom. The molecular formula is C12H17BFNO3. The van der Waals surface area contributed by atoms with Crippen molar-refractivity contribution in [2.45, 2.75) is 20.3 Å². The third kappa shape index (κ3) is 4.03. The van der Waals surface area contributed by atoms with E-state index < -0.39 is 19.4 Å². The molecule has 1 atom stereocenters. The molecule has 6 heteroatoms. The molecule has 1 aromatic carbocycles. The number of halogens is 1. The molecule has 0 spiro atoms. The van der Waals surface area contributed by atoms with Crippen molar-refractivity contribution in [1.29, 1.82) is 0 Å². The first kappa shape index (κ1) is 14.5. The van der Waals surface area contributed by atoms with Gasteiger partial charge in [0, 0.05) is 12.6 Å². The molecule has 0 bridgehead atoms. The molecular weight excluding hydrogens is 236 g/mol. The first-order valence-corrected chi connectivity index (χ1v) is 5.89. The van der Waals surface area contributed by atoms with E-state index in [1.165, 1.54) is 12.1 Å². The van der Waals surface area contributed by atoms with E-state index in [9.17, 15) is 9.18 Å². The lowest BCUT2D eigenvalue weighted by Crippen LogP contribution is -2.28. The van der Waals surface area contributed by atoms with Gasteiger partial charge in [0.25, 0.3) is 5.91 Å². The van der Waals surface area contributed by atoms with E-state index in [1.807, 2.05) is 13.8 Å². The summed E-state index contributed by atoms with van der Waals surface area (Å²) in [6, 6.07) is 3.86. The molecule has 1 unspecified atom stereocenters. The van der Waals surface area contributed by atoms with E-state index in [1.54, 1.807) is 0 Å². The zero-order chi connectivity index (χ0) is 13.5. The van der Waals surface area contributed by atoms with Crippen LogP contribution in [0.15, 0.2) is 18.2 Å². The number of hydrogen-bond acceptors (Lipinski definition) is 3. The summed E-state index contributed by atoms with van der Waals surface area (Å²) in [7, 11) is -0.529. The Hall–Kier alpha value is -1.56. The van der Waals surface area contributed by atoms with Gasteiger partial charge >= 0.3 is 7.69 Å². The number of hydrogen-bond donors (Lipinski definition) is 2. The topological polar surface area (TPSA) is 58.6 Å². The molecule has 4 nitrogen and oxygen atoms in total. The molecule has 0 aliphatic rings. The van der Waals surface area contributed by atoms with Gasteiger partial charge in [-0.1, -0.05) is 20.3 Å². The number of amides is 1. The minimum atomic E-state index is -0.664. The van der Waals surface area contributed by atoms with Crippen molar-refractivity contribution in [3.05, 3.63) is 29.6 Å². The predicted molar refractivity (Wildman–Crippen MR) is 68.2 cm³/mol. The van der Waals surface area contributed by atoms with Crippen LogP contribution in [-0.2, 0) is 0 Å². The molecule has 0 aromatic heterocycles. The monoisotopic (exact) mass is 253 g/mol. The molecule has 1 rings (SSSR count). The van der Waals surface area contributed by atoms with E-state index >= 15 is 0 Å². The normalized spacial score (nSPS) is 11.8. The Balaban J connectivity index is 2.68. The summed E-state index contributed by atoms with van der Waals surface area (Å²) >= 11 is 0. The molecule has 2 N–H and O–H groups in total. The van der Waals surface area contributed by atoms with Gasteiger partial charge < -0.3 is 15.0 Å². The third-order valence-corrected chi connectivity index (χ3v) is 2.72. The summed E-state index contributed by atoms with van der Waals surface area (Å²) in [5.74, 6) is -0.562. The Kier molecular flexibility index (Phi) is 5.65. The highest BCUT2D eigenvalue weighted by atomic mass is 19.1. The average molecular weight is 253 g/mol. The zero-order valence-electron chi connectivity index (χ0n) is 10.6. The van der Waals surface area contributed by atoms with Crippen LogP contribution in [0.1, 0.15) is 30.6 Å². The maximum atomic E-state index is 13.6. The molecule has 0 saturated carbocycles. The summed E-state index contributed by atoms with van der Waals surface area (Å²) in [5, 5.41) is 11.2. The van der Waals surface area contributed by atoms with Gasteiger partial charge in [-0.15, -0.1) is 0 Å². The van der Waals surface area contributed by atoms with Crippen molar-refractivity contribution in [1.82, 2.24) is 5.32 Å². The van der Waals surface area contributed by atoms with Crippen LogP contribution in [0.3, 0.4) is 0 Å². The zero-order valence-corrected chi connectivity index (χ0v) is 10.6. The quantitative estimate of drug-likeness (QED) is 0.750. The van der Waals surface area contributed by atoms with Gasteiger partial charge in [0.15, 0.2) is 0 Å². The molecule has 0 aliphatic carbocycles. The largest absolute Gasteiger partial charge is 0.539 e. The molecule has 98 valence electrons. The van der Waals surface area contributed by atoms with Crippen molar-refractivity contribution >= 4 is 13.6 Å². The highest BCUT2D eigenvalue weighted by Gasteiger charge is 2.13. The molecule has 1 aromatic rings.